The third-order valence-corrected chi connectivity index (χ3v) is 13.1. The second-order valence-electron chi connectivity index (χ2n) is 10.7. The molecule has 0 heterocycles. The summed E-state index contributed by atoms with van der Waals surface area (Å²) in [5.41, 5.74) is 2.22. The summed E-state index contributed by atoms with van der Waals surface area (Å²) in [5.74, 6) is 2.12. The van der Waals surface area contributed by atoms with Crippen LogP contribution in [-0.4, -0.2) is 70.2 Å². The number of nitrogens with zero attached hydrogens (tertiary/aromatic N) is 1. The van der Waals surface area contributed by atoms with Gasteiger partial charge in [-0.05, 0) is 65.5 Å². The van der Waals surface area contributed by atoms with Crippen molar-refractivity contribution in [2.24, 2.45) is 0 Å². The quantitative estimate of drug-likeness (QED) is 0.348. The predicted octanol–water partition coefficient (Wildman–Crippen LogP) is 4.77. The molecule has 0 bridgehead atoms. The van der Waals surface area contributed by atoms with E-state index in [4.69, 9.17) is 23.4 Å². The smallest absolute Gasteiger partial charge is 0.279 e. The monoisotopic (exact) mass is 568 g/mol. The summed E-state index contributed by atoms with van der Waals surface area (Å²) in [7, 11) is 3.36. The van der Waals surface area contributed by atoms with Crippen molar-refractivity contribution in [3.05, 3.63) is 47.0 Å². The molecular formula is C27H44N2O7SSi. The van der Waals surface area contributed by atoms with Crippen molar-refractivity contribution < 1.29 is 31.8 Å². The highest BCUT2D eigenvalue weighted by Gasteiger charge is 2.37. The molecule has 0 radical (unpaired) electrons. The van der Waals surface area contributed by atoms with Crippen molar-refractivity contribution in [2.75, 3.05) is 49.1 Å². The molecule has 0 saturated carbocycles. The number of hydrogen-bond donors (Lipinski definition) is 1. The highest BCUT2D eigenvalue weighted by Crippen LogP contribution is 2.39. The Labute approximate surface area is 229 Å². The van der Waals surface area contributed by atoms with Gasteiger partial charge in [0.15, 0.2) is 19.8 Å². The molecule has 0 aliphatic heterocycles. The average molecular weight is 569 g/mol. The van der Waals surface area contributed by atoms with Gasteiger partial charge in [-0.3, -0.25) is 0 Å². The number of rotatable bonds is 13. The van der Waals surface area contributed by atoms with Gasteiger partial charge in [0.2, 0.25) is 0 Å². The molecule has 214 valence electrons. The molecule has 0 saturated heterocycles. The highest BCUT2D eigenvalue weighted by molar-refractivity contribution is 7.87. The van der Waals surface area contributed by atoms with Gasteiger partial charge in [0, 0.05) is 26.8 Å². The summed E-state index contributed by atoms with van der Waals surface area (Å²) in [5, 5.41) is 0.0639. The SMILES string of the molecule is COc1cc(OC)cc([C@H](NS(=O)(=O)N(C)C)c2cc(OC)c(OC)cc2CCO[Si](C)(C)C(C)(C)C)c1. The van der Waals surface area contributed by atoms with Crippen LogP contribution >= 0.6 is 0 Å². The van der Waals surface area contributed by atoms with Crippen LogP contribution in [0.15, 0.2) is 30.3 Å². The van der Waals surface area contributed by atoms with Crippen molar-refractivity contribution in [3.8, 4) is 23.0 Å². The zero-order valence-corrected chi connectivity index (χ0v) is 26.4. The zero-order valence-electron chi connectivity index (χ0n) is 24.6. The maximum atomic E-state index is 13.1. The minimum Gasteiger partial charge on any atom is -0.497 e. The fourth-order valence-corrected chi connectivity index (χ4v) is 5.43. The van der Waals surface area contributed by atoms with Crippen LogP contribution in [0.25, 0.3) is 0 Å². The first kappa shape index (κ1) is 31.9. The van der Waals surface area contributed by atoms with Gasteiger partial charge < -0.3 is 23.4 Å². The number of ether oxygens (including phenoxy) is 4. The van der Waals surface area contributed by atoms with E-state index in [0.29, 0.717) is 47.2 Å². The van der Waals surface area contributed by atoms with Crippen LogP contribution in [0.4, 0.5) is 0 Å². The van der Waals surface area contributed by atoms with Gasteiger partial charge in [0.05, 0.1) is 34.5 Å². The van der Waals surface area contributed by atoms with Crippen molar-refractivity contribution in [3.63, 3.8) is 0 Å². The highest BCUT2D eigenvalue weighted by atomic mass is 32.2. The molecule has 2 rings (SSSR count). The van der Waals surface area contributed by atoms with E-state index in [1.165, 1.54) is 14.1 Å². The Morgan fingerprint density at radius 2 is 1.39 bits per heavy atom. The molecule has 2 aromatic rings. The van der Waals surface area contributed by atoms with Crippen LogP contribution in [0.3, 0.4) is 0 Å². The molecule has 0 unspecified atom stereocenters. The Bertz CT molecular complexity index is 1170. The van der Waals surface area contributed by atoms with Crippen molar-refractivity contribution >= 4 is 18.5 Å². The van der Waals surface area contributed by atoms with E-state index in [1.807, 2.05) is 12.1 Å². The minimum atomic E-state index is -3.84. The molecule has 0 aromatic heterocycles. The first-order valence-electron chi connectivity index (χ1n) is 12.4. The van der Waals surface area contributed by atoms with E-state index in [-0.39, 0.29) is 5.04 Å². The Kier molecular flexibility index (Phi) is 10.7. The van der Waals surface area contributed by atoms with Crippen LogP contribution in [0.2, 0.25) is 18.1 Å². The van der Waals surface area contributed by atoms with Gasteiger partial charge in [-0.15, -0.1) is 0 Å². The Morgan fingerprint density at radius 3 is 1.84 bits per heavy atom. The number of benzene rings is 2. The van der Waals surface area contributed by atoms with Gasteiger partial charge in [-0.2, -0.15) is 17.4 Å². The lowest BCUT2D eigenvalue weighted by atomic mass is 9.92. The van der Waals surface area contributed by atoms with E-state index in [1.54, 1.807) is 46.6 Å². The Balaban J connectivity index is 2.72. The molecule has 38 heavy (non-hydrogen) atoms. The molecule has 0 aliphatic rings. The topological polar surface area (TPSA) is 95.6 Å². The van der Waals surface area contributed by atoms with Crippen LogP contribution < -0.4 is 23.7 Å². The van der Waals surface area contributed by atoms with E-state index >= 15 is 0 Å². The van der Waals surface area contributed by atoms with Crippen molar-refractivity contribution in [1.82, 2.24) is 9.03 Å². The van der Waals surface area contributed by atoms with Crippen LogP contribution in [-0.2, 0) is 21.1 Å². The normalized spacial score (nSPS) is 13.4. The lowest BCUT2D eigenvalue weighted by molar-refractivity contribution is 0.291. The standard InChI is InChI=1S/C27H44N2O7SSi/c1-27(2,3)38(10,11)36-13-12-19-16-24(34-8)25(35-9)18-23(19)26(28-37(30,31)29(4)5)20-14-21(32-6)17-22(15-20)33-7/h14-18,26,28H,12-13H2,1-11H3/t26-/m0/s1. The molecule has 0 aliphatic carbocycles. The first-order chi connectivity index (χ1) is 17.6. The summed E-state index contributed by atoms with van der Waals surface area (Å²) in [4.78, 5) is 0. The van der Waals surface area contributed by atoms with Gasteiger partial charge in [-0.25, -0.2) is 0 Å². The van der Waals surface area contributed by atoms with Crippen LogP contribution in [0, 0.1) is 0 Å². The average Bonchev–Trinajstić information content (AvgIpc) is 2.85. The van der Waals surface area contributed by atoms with Gasteiger partial charge >= 0.3 is 0 Å². The van der Waals surface area contributed by atoms with Gasteiger partial charge in [0.25, 0.3) is 10.2 Å². The molecule has 11 heteroatoms. The molecule has 1 N–H and O–H groups in total. The van der Waals surface area contributed by atoms with E-state index < -0.39 is 24.6 Å². The second kappa shape index (κ2) is 12.7. The molecule has 0 spiro atoms. The summed E-state index contributed by atoms with van der Waals surface area (Å²) in [6.45, 7) is 11.5. The predicted molar refractivity (Wildman–Crippen MR) is 154 cm³/mol. The maximum absolute atomic E-state index is 13.1. The number of nitrogens with one attached hydrogen (secondary N) is 1. The molecule has 1 atom stereocenters. The van der Waals surface area contributed by atoms with E-state index in [9.17, 15) is 8.42 Å². The Morgan fingerprint density at radius 1 is 0.868 bits per heavy atom. The number of hydrogen-bond acceptors (Lipinski definition) is 7. The molecular weight excluding hydrogens is 524 g/mol. The van der Waals surface area contributed by atoms with Crippen LogP contribution in [0.5, 0.6) is 23.0 Å². The van der Waals surface area contributed by atoms with Gasteiger partial charge in [-0.1, -0.05) is 20.8 Å². The number of methoxy groups -OCH3 is 4. The maximum Gasteiger partial charge on any atom is 0.279 e. The van der Waals surface area contributed by atoms with Crippen LogP contribution in [0.1, 0.15) is 43.5 Å². The molecule has 0 amide bonds. The summed E-state index contributed by atoms with van der Waals surface area (Å²) >= 11 is 0. The van der Waals surface area contributed by atoms with E-state index in [2.05, 4.69) is 38.6 Å². The largest absolute Gasteiger partial charge is 0.497 e. The summed E-state index contributed by atoms with van der Waals surface area (Å²) in [6.07, 6.45) is 0.545. The lowest BCUT2D eigenvalue weighted by Crippen LogP contribution is -2.41. The summed E-state index contributed by atoms with van der Waals surface area (Å²) in [6, 6.07) is 8.24. The minimum absolute atomic E-state index is 0.0639. The molecule has 0 fully saturated rings. The zero-order chi connectivity index (χ0) is 28.9. The molecule has 2 aromatic carbocycles. The van der Waals surface area contributed by atoms with Crippen molar-refractivity contribution in [1.29, 1.82) is 0 Å². The molecule has 9 nitrogen and oxygen atoms in total. The second-order valence-corrected chi connectivity index (χ2v) is 17.5. The fourth-order valence-electron chi connectivity index (χ4n) is 3.62. The fraction of sp³-hybridized carbons (Fsp3) is 0.556. The van der Waals surface area contributed by atoms with E-state index in [0.717, 1.165) is 9.87 Å². The van der Waals surface area contributed by atoms with Gasteiger partial charge in [0.1, 0.15) is 11.5 Å². The first-order valence-corrected chi connectivity index (χ1v) is 16.8. The third-order valence-electron chi connectivity index (χ3n) is 7.05. The lowest BCUT2D eigenvalue weighted by Gasteiger charge is -2.36. The Hall–Kier alpha value is -2.31. The summed E-state index contributed by atoms with van der Waals surface area (Å²) < 4.78 is 58.8. The third kappa shape index (κ3) is 7.63. The van der Waals surface area contributed by atoms with Crippen molar-refractivity contribution in [2.45, 2.75) is 51.4 Å².